The van der Waals surface area contributed by atoms with Crippen molar-refractivity contribution >= 4 is 11.9 Å². The van der Waals surface area contributed by atoms with Gasteiger partial charge < -0.3 is 10.2 Å². The number of carboxylic acid groups (broad SMARTS) is 2. The van der Waals surface area contributed by atoms with Crippen molar-refractivity contribution in [3.63, 3.8) is 0 Å². The minimum Gasteiger partial charge on any atom is -0.479 e. The fraction of sp³-hybridized carbons (Fsp3) is 0.200. The van der Waals surface area contributed by atoms with E-state index in [9.17, 15) is 9.59 Å². The number of carboxylic acids is 2. The third kappa shape index (κ3) is 2.29. The van der Waals surface area contributed by atoms with Crippen molar-refractivity contribution in [2.75, 3.05) is 0 Å². The highest BCUT2D eigenvalue weighted by Crippen LogP contribution is 2.24. The molecular formula is C10H11NO5. The lowest BCUT2D eigenvalue weighted by Gasteiger charge is -2.17. The van der Waals surface area contributed by atoms with Gasteiger partial charge in [0.2, 0.25) is 6.10 Å². The Bertz CT molecular complexity index is 385. The fourth-order valence-corrected chi connectivity index (χ4v) is 1.16. The van der Waals surface area contributed by atoms with Gasteiger partial charge in [-0.2, -0.15) is 0 Å². The van der Waals surface area contributed by atoms with Crippen LogP contribution >= 0.6 is 0 Å². The second-order valence-electron chi connectivity index (χ2n) is 3.10. The number of allylic oxidation sites excluding steroid dienone is 1. The predicted molar refractivity (Wildman–Crippen MR) is 54.0 cm³/mol. The van der Waals surface area contributed by atoms with Crippen molar-refractivity contribution in [3.05, 3.63) is 36.7 Å². The topological polar surface area (TPSA) is 87.1 Å². The van der Waals surface area contributed by atoms with Gasteiger partial charge in [-0.1, -0.05) is 12.7 Å². The molecular weight excluding hydrogens is 214 g/mol. The Kier molecular flexibility index (Phi) is 3.47. The number of hydrogen-bond donors (Lipinski definition) is 2. The summed E-state index contributed by atoms with van der Waals surface area (Å²) < 4.78 is 0. The second-order valence-corrected chi connectivity index (χ2v) is 3.10. The zero-order valence-electron chi connectivity index (χ0n) is 8.42. The number of rotatable bonds is 5. The van der Waals surface area contributed by atoms with Crippen molar-refractivity contribution in [1.82, 2.24) is 5.06 Å². The molecule has 0 aromatic heterocycles. The summed E-state index contributed by atoms with van der Waals surface area (Å²) in [4.78, 5) is 26.4. The predicted octanol–water partition coefficient (Wildman–Crippen LogP) is 0.745. The molecule has 0 saturated heterocycles. The van der Waals surface area contributed by atoms with Gasteiger partial charge in [-0.15, -0.1) is 6.58 Å². The van der Waals surface area contributed by atoms with Crippen LogP contribution in [-0.2, 0) is 14.4 Å². The van der Waals surface area contributed by atoms with Crippen LogP contribution in [-0.4, -0.2) is 33.3 Å². The first-order valence-corrected chi connectivity index (χ1v) is 4.40. The van der Waals surface area contributed by atoms with Crippen LogP contribution in [0.15, 0.2) is 36.7 Å². The van der Waals surface area contributed by atoms with Gasteiger partial charge in [-0.25, -0.2) is 19.5 Å². The molecule has 16 heavy (non-hydrogen) atoms. The van der Waals surface area contributed by atoms with Gasteiger partial charge in [0, 0.05) is 18.3 Å². The molecule has 6 heteroatoms. The summed E-state index contributed by atoms with van der Waals surface area (Å²) in [5.74, 6) is -2.69. The summed E-state index contributed by atoms with van der Waals surface area (Å²) in [5, 5.41) is 18.6. The molecule has 0 radical (unpaired) electrons. The van der Waals surface area contributed by atoms with E-state index in [2.05, 4.69) is 13.2 Å². The normalized spacial score (nSPS) is 19.1. The van der Waals surface area contributed by atoms with Crippen molar-refractivity contribution in [2.45, 2.75) is 12.5 Å². The highest BCUT2D eigenvalue weighted by molar-refractivity contribution is 5.95. The fourth-order valence-electron chi connectivity index (χ4n) is 1.16. The highest BCUT2D eigenvalue weighted by Gasteiger charge is 2.36. The Morgan fingerprint density at radius 1 is 1.56 bits per heavy atom. The third-order valence-corrected chi connectivity index (χ3v) is 1.92. The minimum atomic E-state index is -1.50. The molecule has 1 aliphatic rings. The lowest BCUT2D eigenvalue weighted by Crippen LogP contribution is -2.28. The average molecular weight is 225 g/mol. The van der Waals surface area contributed by atoms with Crippen LogP contribution < -0.4 is 0 Å². The average Bonchev–Trinajstić information content (AvgIpc) is 2.62. The Balaban J connectivity index is 2.89. The molecule has 0 bridgehead atoms. The molecule has 0 amide bonds. The zero-order chi connectivity index (χ0) is 12.3. The second kappa shape index (κ2) is 4.63. The van der Waals surface area contributed by atoms with E-state index in [-0.39, 0.29) is 5.57 Å². The van der Waals surface area contributed by atoms with E-state index in [1.807, 2.05) is 0 Å². The molecule has 0 aromatic carbocycles. The van der Waals surface area contributed by atoms with Crippen molar-refractivity contribution in [3.8, 4) is 0 Å². The Hall–Kier alpha value is -2.08. The van der Waals surface area contributed by atoms with E-state index in [1.165, 1.54) is 0 Å². The van der Waals surface area contributed by atoms with Crippen LogP contribution in [0.2, 0.25) is 0 Å². The van der Waals surface area contributed by atoms with Crippen LogP contribution in [0.1, 0.15) is 6.42 Å². The maximum absolute atomic E-state index is 10.8. The highest BCUT2D eigenvalue weighted by atomic mass is 16.7. The Morgan fingerprint density at radius 3 is 2.56 bits per heavy atom. The molecule has 1 rings (SSSR count). The van der Waals surface area contributed by atoms with Gasteiger partial charge in [0.05, 0.1) is 5.57 Å². The molecule has 1 heterocycles. The van der Waals surface area contributed by atoms with E-state index in [0.29, 0.717) is 12.1 Å². The van der Waals surface area contributed by atoms with E-state index in [4.69, 9.17) is 15.1 Å². The first-order valence-electron chi connectivity index (χ1n) is 4.40. The van der Waals surface area contributed by atoms with Crippen molar-refractivity contribution < 1.29 is 24.6 Å². The molecule has 1 aliphatic heterocycles. The standard InChI is InChI=1S/C10H11NO5/c1-3-4-6(2)11-5-7(9(12)13)8(16-11)10(14)15/h3,5,8H,1-2,4H2,(H,12,13)(H,14,15). The largest absolute Gasteiger partial charge is 0.479 e. The summed E-state index contributed by atoms with van der Waals surface area (Å²) in [7, 11) is 0. The molecule has 0 spiro atoms. The summed E-state index contributed by atoms with van der Waals surface area (Å²) in [6.45, 7) is 7.10. The van der Waals surface area contributed by atoms with Crippen molar-refractivity contribution in [1.29, 1.82) is 0 Å². The third-order valence-electron chi connectivity index (χ3n) is 1.92. The van der Waals surface area contributed by atoms with Crippen LogP contribution in [0.4, 0.5) is 0 Å². The van der Waals surface area contributed by atoms with Gasteiger partial charge >= 0.3 is 11.9 Å². The molecule has 0 aliphatic carbocycles. The van der Waals surface area contributed by atoms with E-state index < -0.39 is 18.0 Å². The monoisotopic (exact) mass is 225 g/mol. The maximum Gasteiger partial charge on any atom is 0.340 e. The summed E-state index contributed by atoms with van der Waals surface area (Å²) >= 11 is 0. The van der Waals surface area contributed by atoms with Gasteiger partial charge in [-0.05, 0) is 0 Å². The SMILES string of the molecule is C=CCC(=C)N1C=C(C(=O)O)C(C(=O)O)O1. The maximum atomic E-state index is 10.8. The first-order chi connectivity index (χ1) is 7.47. The van der Waals surface area contributed by atoms with Crippen LogP contribution in [0.25, 0.3) is 0 Å². The Morgan fingerprint density at radius 2 is 2.19 bits per heavy atom. The molecule has 1 atom stereocenters. The summed E-state index contributed by atoms with van der Waals surface area (Å²) in [6, 6.07) is 0. The molecule has 0 saturated carbocycles. The first kappa shape index (κ1) is 12.0. The smallest absolute Gasteiger partial charge is 0.340 e. The molecule has 1 unspecified atom stereocenters. The van der Waals surface area contributed by atoms with Crippen LogP contribution in [0.3, 0.4) is 0 Å². The molecule has 6 nitrogen and oxygen atoms in total. The lowest BCUT2D eigenvalue weighted by molar-refractivity contribution is -0.167. The van der Waals surface area contributed by atoms with Gasteiger partial charge in [0.25, 0.3) is 0 Å². The van der Waals surface area contributed by atoms with Gasteiger partial charge in [-0.3, -0.25) is 0 Å². The molecule has 86 valence electrons. The van der Waals surface area contributed by atoms with Crippen LogP contribution in [0, 0.1) is 0 Å². The van der Waals surface area contributed by atoms with Gasteiger partial charge in [0.15, 0.2) is 0 Å². The van der Waals surface area contributed by atoms with Gasteiger partial charge in [0.1, 0.15) is 0 Å². The minimum absolute atomic E-state index is 0.335. The number of hydroxylamine groups is 2. The Labute approximate surface area is 91.7 Å². The summed E-state index contributed by atoms with van der Waals surface area (Å²) in [5.41, 5.74) is 0.0789. The number of hydrogen-bond acceptors (Lipinski definition) is 4. The number of aliphatic carboxylic acids is 2. The quantitative estimate of drug-likeness (QED) is 0.671. The zero-order valence-corrected chi connectivity index (χ0v) is 8.42. The van der Waals surface area contributed by atoms with E-state index in [1.54, 1.807) is 6.08 Å². The molecule has 0 fully saturated rings. The summed E-state index contributed by atoms with van der Waals surface area (Å²) in [6.07, 6.45) is 1.52. The van der Waals surface area contributed by atoms with E-state index >= 15 is 0 Å². The lowest BCUT2D eigenvalue weighted by atomic mass is 10.2. The van der Waals surface area contributed by atoms with Crippen LogP contribution in [0.5, 0.6) is 0 Å². The van der Waals surface area contributed by atoms with Crippen molar-refractivity contribution in [2.24, 2.45) is 0 Å². The molecule has 2 N–H and O–H groups in total. The number of nitrogens with zero attached hydrogens (tertiary/aromatic N) is 1. The molecule has 0 aromatic rings. The number of carbonyl (C=O) groups is 2. The van der Waals surface area contributed by atoms with E-state index in [0.717, 1.165) is 11.3 Å².